The minimum absolute atomic E-state index is 0.0530. The summed E-state index contributed by atoms with van der Waals surface area (Å²) >= 11 is 0. The molecule has 0 bridgehead atoms. The van der Waals surface area contributed by atoms with Crippen LogP contribution in [0.3, 0.4) is 0 Å². The summed E-state index contributed by atoms with van der Waals surface area (Å²) in [5.74, 6) is 0.809. The highest BCUT2D eigenvalue weighted by Gasteiger charge is 2.43. The average molecular weight is 431 g/mol. The predicted molar refractivity (Wildman–Crippen MR) is 123 cm³/mol. The molecule has 0 N–H and O–H groups in total. The molecule has 0 radical (unpaired) electrons. The number of ether oxygens (including phenoxy) is 1. The molecule has 0 unspecified atom stereocenters. The van der Waals surface area contributed by atoms with E-state index in [1.807, 2.05) is 41.0 Å². The average Bonchev–Trinajstić information content (AvgIpc) is 3.30. The fraction of sp³-hybridized carbons (Fsp3) is 0.360. The van der Waals surface area contributed by atoms with E-state index < -0.39 is 0 Å². The van der Waals surface area contributed by atoms with Crippen LogP contribution in [0, 0.1) is 0 Å². The van der Waals surface area contributed by atoms with E-state index in [0.29, 0.717) is 25.4 Å². The second-order valence-electron chi connectivity index (χ2n) is 8.67. The summed E-state index contributed by atoms with van der Waals surface area (Å²) in [5, 5.41) is 0. The number of hydrogen-bond acceptors (Lipinski definition) is 5. The Kier molecular flexibility index (Phi) is 4.73. The number of nitrogens with zero attached hydrogens (tertiary/aromatic N) is 4. The smallest absolute Gasteiger partial charge is 0.337 e. The lowest BCUT2D eigenvalue weighted by Gasteiger charge is -2.44. The van der Waals surface area contributed by atoms with Gasteiger partial charge in [0, 0.05) is 32.2 Å². The van der Waals surface area contributed by atoms with Gasteiger partial charge < -0.3 is 9.64 Å². The number of morpholine rings is 1. The second-order valence-corrected chi connectivity index (χ2v) is 8.67. The van der Waals surface area contributed by atoms with Crippen LogP contribution in [0.4, 0.5) is 5.82 Å². The molecular weight excluding hydrogens is 404 g/mol. The van der Waals surface area contributed by atoms with Gasteiger partial charge in [-0.05, 0) is 24.1 Å². The Balaban J connectivity index is 1.59. The van der Waals surface area contributed by atoms with Crippen molar-refractivity contribution in [1.29, 1.82) is 0 Å². The Morgan fingerprint density at radius 2 is 1.47 bits per heavy atom. The molecule has 4 heterocycles. The monoisotopic (exact) mass is 430 g/mol. The third kappa shape index (κ3) is 2.96. The minimum Gasteiger partial charge on any atom is -0.379 e. The van der Waals surface area contributed by atoms with Crippen molar-refractivity contribution in [2.45, 2.75) is 25.0 Å². The molecule has 6 rings (SSSR count). The molecule has 0 spiro atoms. The first-order valence-electron chi connectivity index (χ1n) is 11.3. The SMILES string of the molecule is O=c1c2c3n(c(=O)n1-c1ccccc1)CCN3[C@@H](c1ccccc1)C[C@H]2N1CCOCC1. The van der Waals surface area contributed by atoms with Gasteiger partial charge in [0.2, 0.25) is 0 Å². The van der Waals surface area contributed by atoms with Crippen LogP contribution in [0.5, 0.6) is 0 Å². The quantitative estimate of drug-likeness (QED) is 0.638. The molecule has 164 valence electrons. The largest absolute Gasteiger partial charge is 0.379 e. The van der Waals surface area contributed by atoms with E-state index in [0.717, 1.165) is 37.4 Å². The molecule has 1 fully saturated rings. The highest BCUT2D eigenvalue weighted by atomic mass is 16.5. The Hall–Kier alpha value is -3.16. The van der Waals surface area contributed by atoms with E-state index in [2.05, 4.69) is 34.1 Å². The number of hydrogen-bond donors (Lipinski definition) is 0. The van der Waals surface area contributed by atoms with Crippen molar-refractivity contribution in [3.8, 4) is 5.69 Å². The Bertz CT molecular complexity index is 1250. The van der Waals surface area contributed by atoms with Crippen molar-refractivity contribution in [3.05, 3.63) is 92.6 Å². The van der Waals surface area contributed by atoms with Crippen molar-refractivity contribution in [1.82, 2.24) is 14.0 Å². The van der Waals surface area contributed by atoms with E-state index in [1.165, 1.54) is 10.1 Å². The number of benzene rings is 2. The molecule has 2 aromatic carbocycles. The van der Waals surface area contributed by atoms with Crippen molar-refractivity contribution in [2.75, 3.05) is 37.7 Å². The molecule has 1 aromatic heterocycles. The molecule has 0 aliphatic carbocycles. The number of para-hydroxylation sites is 1. The standard InChI is InChI=1S/C25H26N4O3/c30-24-22-21(26-13-15-32-16-14-26)17-20(18-7-3-1-4-8-18)27-11-12-28(23(22)27)25(31)29(24)19-9-5-2-6-10-19/h1-10,20-21H,11-17H2/t20-,21-/m1/s1. The Morgan fingerprint density at radius 1 is 0.781 bits per heavy atom. The van der Waals surface area contributed by atoms with Gasteiger partial charge in [0.15, 0.2) is 0 Å². The predicted octanol–water partition coefficient (Wildman–Crippen LogP) is 2.34. The zero-order valence-corrected chi connectivity index (χ0v) is 17.9. The molecule has 7 nitrogen and oxygen atoms in total. The molecular formula is C25H26N4O3. The van der Waals surface area contributed by atoms with Crippen LogP contribution in [-0.4, -0.2) is 46.9 Å². The van der Waals surface area contributed by atoms with Crippen LogP contribution in [0.15, 0.2) is 70.3 Å². The van der Waals surface area contributed by atoms with E-state index in [9.17, 15) is 9.59 Å². The van der Waals surface area contributed by atoms with Crippen LogP contribution in [-0.2, 0) is 11.3 Å². The fourth-order valence-corrected chi connectivity index (χ4v) is 5.55. The van der Waals surface area contributed by atoms with Crippen LogP contribution in [0.1, 0.15) is 29.6 Å². The van der Waals surface area contributed by atoms with Gasteiger partial charge in [0.1, 0.15) is 5.82 Å². The maximum Gasteiger partial charge on any atom is 0.337 e. The third-order valence-corrected chi connectivity index (χ3v) is 7.03. The van der Waals surface area contributed by atoms with Crippen molar-refractivity contribution in [2.24, 2.45) is 0 Å². The number of rotatable bonds is 3. The summed E-state index contributed by atoms with van der Waals surface area (Å²) in [4.78, 5) is 32.1. The first kappa shape index (κ1) is 19.5. The fourth-order valence-electron chi connectivity index (χ4n) is 5.55. The van der Waals surface area contributed by atoms with Gasteiger partial charge >= 0.3 is 5.69 Å². The van der Waals surface area contributed by atoms with E-state index >= 15 is 0 Å². The van der Waals surface area contributed by atoms with Crippen molar-refractivity contribution in [3.63, 3.8) is 0 Å². The summed E-state index contributed by atoms with van der Waals surface area (Å²) < 4.78 is 8.77. The molecule has 0 amide bonds. The lowest BCUT2D eigenvalue weighted by molar-refractivity contribution is 0.0110. The highest BCUT2D eigenvalue weighted by molar-refractivity contribution is 5.57. The molecule has 3 aromatic rings. The normalized spacial score (nSPS) is 22.7. The van der Waals surface area contributed by atoms with Gasteiger partial charge in [-0.2, -0.15) is 0 Å². The van der Waals surface area contributed by atoms with Gasteiger partial charge in [-0.25, -0.2) is 9.36 Å². The van der Waals surface area contributed by atoms with Gasteiger partial charge in [-0.1, -0.05) is 48.5 Å². The highest BCUT2D eigenvalue weighted by Crippen LogP contribution is 2.46. The Labute approximate surface area is 186 Å². The summed E-state index contributed by atoms with van der Waals surface area (Å²) in [5.41, 5.74) is 2.15. The summed E-state index contributed by atoms with van der Waals surface area (Å²) in [6.07, 6.45) is 0.819. The summed E-state index contributed by atoms with van der Waals surface area (Å²) in [6.45, 7) is 4.23. The minimum atomic E-state index is -0.253. The van der Waals surface area contributed by atoms with E-state index in [4.69, 9.17) is 4.74 Å². The molecule has 7 heteroatoms. The van der Waals surface area contributed by atoms with Gasteiger partial charge in [0.05, 0.1) is 30.5 Å². The number of anilines is 1. The van der Waals surface area contributed by atoms with Gasteiger partial charge in [0.25, 0.3) is 5.56 Å². The zero-order chi connectivity index (χ0) is 21.7. The van der Waals surface area contributed by atoms with Gasteiger partial charge in [-0.3, -0.25) is 14.3 Å². The number of aromatic nitrogens is 2. The first-order valence-corrected chi connectivity index (χ1v) is 11.3. The molecule has 2 atom stereocenters. The second kappa shape index (κ2) is 7.76. The maximum atomic E-state index is 13.9. The van der Waals surface area contributed by atoms with Gasteiger partial charge in [-0.15, -0.1) is 0 Å². The summed E-state index contributed by atoms with van der Waals surface area (Å²) in [6, 6.07) is 19.8. The van der Waals surface area contributed by atoms with Crippen molar-refractivity contribution >= 4 is 5.82 Å². The topological polar surface area (TPSA) is 59.7 Å². The van der Waals surface area contributed by atoms with E-state index in [-0.39, 0.29) is 23.3 Å². The van der Waals surface area contributed by atoms with Crippen LogP contribution in [0.25, 0.3) is 5.69 Å². The van der Waals surface area contributed by atoms with Crippen LogP contribution >= 0.6 is 0 Å². The zero-order valence-electron chi connectivity index (χ0n) is 17.9. The van der Waals surface area contributed by atoms with Crippen molar-refractivity contribution < 1.29 is 4.74 Å². The third-order valence-electron chi connectivity index (χ3n) is 7.03. The van der Waals surface area contributed by atoms with E-state index in [1.54, 1.807) is 0 Å². The Morgan fingerprint density at radius 3 is 2.19 bits per heavy atom. The lowest BCUT2D eigenvalue weighted by Crippen LogP contribution is -2.49. The van der Waals surface area contributed by atoms with Crippen LogP contribution in [0.2, 0.25) is 0 Å². The van der Waals surface area contributed by atoms with Crippen LogP contribution < -0.4 is 16.1 Å². The molecule has 0 saturated carbocycles. The molecule has 1 saturated heterocycles. The molecule has 32 heavy (non-hydrogen) atoms. The molecule has 3 aliphatic heterocycles. The summed E-state index contributed by atoms with van der Waals surface area (Å²) in [7, 11) is 0. The first-order chi connectivity index (χ1) is 15.7. The maximum absolute atomic E-state index is 13.9. The lowest BCUT2D eigenvalue weighted by atomic mass is 9.89. The molecule has 3 aliphatic rings.